The molecule has 0 heterocycles. The lowest BCUT2D eigenvalue weighted by Gasteiger charge is -2.18. The van der Waals surface area contributed by atoms with E-state index >= 15 is 0 Å². The van der Waals surface area contributed by atoms with Crippen molar-refractivity contribution in [3.05, 3.63) is 33.3 Å². The Morgan fingerprint density at radius 2 is 1.92 bits per heavy atom. The molecule has 0 saturated heterocycles. The number of aliphatic hydroxyl groups is 1. The molecule has 0 aliphatic rings. The maximum absolute atomic E-state index is 9.66. The highest BCUT2D eigenvalue weighted by molar-refractivity contribution is 9.10. The minimum absolute atomic E-state index is 0.626. The van der Waals surface area contributed by atoms with Crippen LogP contribution in [0.15, 0.2) is 22.7 Å². The number of benzene rings is 1. The number of rotatable bonds is 1. The minimum Gasteiger partial charge on any atom is -0.386 e. The topological polar surface area (TPSA) is 20.2 Å². The van der Waals surface area contributed by atoms with Crippen molar-refractivity contribution in [1.29, 1.82) is 0 Å². The third kappa shape index (κ3) is 2.47. The van der Waals surface area contributed by atoms with Gasteiger partial charge in [-0.3, -0.25) is 0 Å². The van der Waals surface area contributed by atoms with Gasteiger partial charge in [0.2, 0.25) is 0 Å². The molecule has 1 nitrogen and oxygen atoms in total. The van der Waals surface area contributed by atoms with Crippen LogP contribution in [0.25, 0.3) is 0 Å². The Bertz CT molecular complexity index is 271. The maximum atomic E-state index is 9.66. The van der Waals surface area contributed by atoms with Crippen molar-refractivity contribution in [3.63, 3.8) is 0 Å². The van der Waals surface area contributed by atoms with Crippen LogP contribution in [0.1, 0.15) is 19.4 Å². The van der Waals surface area contributed by atoms with Crippen LogP contribution in [0.3, 0.4) is 0 Å². The second-order valence-corrected chi connectivity index (χ2v) is 4.57. The standard InChI is InChI=1S/C9H10BrClO/c1-9(2,12)6-3-7(10)5-8(11)4-6/h3-5,12H,1-2H3. The summed E-state index contributed by atoms with van der Waals surface area (Å²) in [4.78, 5) is 0. The predicted molar refractivity (Wildman–Crippen MR) is 54.4 cm³/mol. The van der Waals surface area contributed by atoms with Crippen molar-refractivity contribution in [2.24, 2.45) is 0 Å². The van der Waals surface area contributed by atoms with Gasteiger partial charge in [-0.1, -0.05) is 27.5 Å². The summed E-state index contributed by atoms with van der Waals surface area (Å²) in [5.74, 6) is 0. The summed E-state index contributed by atoms with van der Waals surface area (Å²) in [6.07, 6.45) is 0. The third-order valence-electron chi connectivity index (χ3n) is 1.57. The molecule has 0 aliphatic carbocycles. The molecular formula is C9H10BrClO. The molecule has 0 spiro atoms. The van der Waals surface area contributed by atoms with Crippen LogP contribution in [0.5, 0.6) is 0 Å². The maximum Gasteiger partial charge on any atom is 0.0841 e. The van der Waals surface area contributed by atoms with Gasteiger partial charge in [0.05, 0.1) is 5.60 Å². The number of hydrogen-bond donors (Lipinski definition) is 1. The van der Waals surface area contributed by atoms with Gasteiger partial charge < -0.3 is 5.11 Å². The monoisotopic (exact) mass is 248 g/mol. The van der Waals surface area contributed by atoms with E-state index in [0.717, 1.165) is 10.0 Å². The molecule has 0 radical (unpaired) electrons. The molecule has 1 aromatic rings. The van der Waals surface area contributed by atoms with Gasteiger partial charge in [-0.15, -0.1) is 0 Å². The molecule has 0 aliphatic heterocycles. The van der Waals surface area contributed by atoms with Crippen LogP contribution in [-0.4, -0.2) is 5.11 Å². The van der Waals surface area contributed by atoms with Gasteiger partial charge in [-0.05, 0) is 37.6 Å². The summed E-state index contributed by atoms with van der Waals surface area (Å²) in [7, 11) is 0. The van der Waals surface area contributed by atoms with Gasteiger partial charge >= 0.3 is 0 Å². The molecule has 0 fully saturated rings. The lowest BCUT2D eigenvalue weighted by atomic mass is 9.99. The van der Waals surface area contributed by atoms with E-state index in [1.54, 1.807) is 26.0 Å². The Labute approximate surface area is 85.5 Å². The summed E-state index contributed by atoms with van der Waals surface area (Å²) < 4.78 is 0.882. The van der Waals surface area contributed by atoms with Crippen molar-refractivity contribution < 1.29 is 5.11 Å². The summed E-state index contributed by atoms with van der Waals surface area (Å²) in [6.45, 7) is 3.45. The first-order chi connectivity index (χ1) is 5.39. The van der Waals surface area contributed by atoms with Gasteiger partial charge in [0, 0.05) is 9.50 Å². The highest BCUT2D eigenvalue weighted by Crippen LogP contribution is 2.26. The van der Waals surface area contributed by atoms with Gasteiger partial charge in [0.1, 0.15) is 0 Å². The Morgan fingerprint density at radius 1 is 1.33 bits per heavy atom. The number of hydrogen-bond acceptors (Lipinski definition) is 1. The SMILES string of the molecule is CC(C)(O)c1cc(Cl)cc(Br)c1. The Kier molecular flexibility index (Phi) is 2.81. The summed E-state index contributed by atoms with van der Waals surface area (Å²) in [5.41, 5.74) is -0.0326. The average molecular weight is 250 g/mol. The lowest BCUT2D eigenvalue weighted by molar-refractivity contribution is 0.0785. The molecule has 0 unspecified atom stereocenters. The van der Waals surface area contributed by atoms with Crippen molar-refractivity contribution in [3.8, 4) is 0 Å². The Balaban J connectivity index is 3.18. The van der Waals surface area contributed by atoms with Crippen LogP contribution >= 0.6 is 27.5 Å². The zero-order valence-corrected chi connectivity index (χ0v) is 9.28. The summed E-state index contributed by atoms with van der Waals surface area (Å²) in [5, 5.41) is 10.3. The highest BCUT2D eigenvalue weighted by Gasteiger charge is 2.16. The van der Waals surface area contributed by atoms with E-state index in [2.05, 4.69) is 15.9 Å². The fourth-order valence-corrected chi connectivity index (χ4v) is 1.77. The third-order valence-corrected chi connectivity index (χ3v) is 2.25. The van der Waals surface area contributed by atoms with E-state index in [0.29, 0.717) is 5.02 Å². The Morgan fingerprint density at radius 3 is 2.33 bits per heavy atom. The van der Waals surface area contributed by atoms with Crippen molar-refractivity contribution in [1.82, 2.24) is 0 Å². The van der Waals surface area contributed by atoms with Gasteiger partial charge in [-0.2, -0.15) is 0 Å². The highest BCUT2D eigenvalue weighted by atomic mass is 79.9. The fourth-order valence-electron chi connectivity index (χ4n) is 0.907. The van der Waals surface area contributed by atoms with E-state index in [4.69, 9.17) is 11.6 Å². The second-order valence-electron chi connectivity index (χ2n) is 3.22. The molecule has 0 bridgehead atoms. The van der Waals surface area contributed by atoms with Crippen molar-refractivity contribution in [2.75, 3.05) is 0 Å². The second kappa shape index (κ2) is 3.36. The van der Waals surface area contributed by atoms with Gasteiger partial charge in [0.25, 0.3) is 0 Å². The lowest BCUT2D eigenvalue weighted by Crippen LogP contribution is -2.15. The van der Waals surface area contributed by atoms with Gasteiger partial charge in [-0.25, -0.2) is 0 Å². The van der Waals surface area contributed by atoms with E-state index < -0.39 is 5.60 Å². The summed E-state index contributed by atoms with van der Waals surface area (Å²) >= 11 is 9.12. The molecule has 66 valence electrons. The molecule has 1 rings (SSSR count). The first-order valence-electron chi connectivity index (χ1n) is 3.58. The zero-order valence-electron chi connectivity index (χ0n) is 6.94. The molecule has 1 aromatic carbocycles. The zero-order chi connectivity index (χ0) is 9.35. The number of halogens is 2. The summed E-state index contributed by atoms with van der Waals surface area (Å²) in [6, 6.07) is 5.40. The van der Waals surface area contributed by atoms with Crippen LogP contribution in [0, 0.1) is 0 Å². The molecular weight excluding hydrogens is 239 g/mol. The minimum atomic E-state index is -0.840. The van der Waals surface area contributed by atoms with Crippen LogP contribution in [-0.2, 0) is 5.60 Å². The Hall–Kier alpha value is -0.0500. The van der Waals surface area contributed by atoms with Crippen molar-refractivity contribution in [2.45, 2.75) is 19.4 Å². The first-order valence-corrected chi connectivity index (χ1v) is 4.75. The normalized spacial score (nSPS) is 11.8. The molecule has 1 N–H and O–H groups in total. The smallest absolute Gasteiger partial charge is 0.0841 e. The van der Waals surface area contributed by atoms with E-state index in [1.807, 2.05) is 6.07 Å². The molecule has 0 amide bonds. The molecule has 0 aromatic heterocycles. The van der Waals surface area contributed by atoms with E-state index in [1.165, 1.54) is 0 Å². The predicted octanol–water partition coefficient (Wildman–Crippen LogP) is 3.33. The first kappa shape index (κ1) is 10.0. The van der Waals surface area contributed by atoms with Crippen LogP contribution < -0.4 is 0 Å². The largest absolute Gasteiger partial charge is 0.386 e. The fraction of sp³-hybridized carbons (Fsp3) is 0.333. The van der Waals surface area contributed by atoms with Crippen LogP contribution in [0.2, 0.25) is 5.02 Å². The van der Waals surface area contributed by atoms with E-state index in [9.17, 15) is 5.11 Å². The molecule has 0 atom stereocenters. The van der Waals surface area contributed by atoms with Crippen LogP contribution in [0.4, 0.5) is 0 Å². The quantitative estimate of drug-likeness (QED) is 0.809. The molecule has 0 saturated carbocycles. The average Bonchev–Trinajstić information content (AvgIpc) is 1.82. The van der Waals surface area contributed by atoms with E-state index in [-0.39, 0.29) is 0 Å². The molecule has 12 heavy (non-hydrogen) atoms. The van der Waals surface area contributed by atoms with Gasteiger partial charge in [0.15, 0.2) is 0 Å². The van der Waals surface area contributed by atoms with Crippen molar-refractivity contribution >= 4 is 27.5 Å². The molecule has 3 heteroatoms.